The number of carbonyl (C=O) groups excluding carboxylic acids is 2. The molecule has 0 heterocycles. The molecule has 4 heteroatoms. The highest BCUT2D eigenvalue weighted by Crippen LogP contribution is 2.64. The highest BCUT2D eigenvalue weighted by molar-refractivity contribution is 5.92. The van der Waals surface area contributed by atoms with Crippen LogP contribution in [0.25, 0.3) is 0 Å². The minimum absolute atomic E-state index is 0.0365. The lowest BCUT2D eigenvalue weighted by atomic mass is 9.46. The first-order chi connectivity index (χ1) is 10.8. The van der Waals surface area contributed by atoms with Crippen LogP contribution in [0.4, 0.5) is 0 Å². The number of hydrogen-bond acceptors (Lipinski definition) is 4. The van der Waals surface area contributed by atoms with Crippen molar-refractivity contribution in [1.29, 1.82) is 0 Å². The number of rotatable bonds is 0. The molecule has 126 valence electrons. The summed E-state index contributed by atoms with van der Waals surface area (Å²) in [6, 6.07) is 0. The molecule has 4 rings (SSSR count). The van der Waals surface area contributed by atoms with Gasteiger partial charge in [0.05, 0.1) is 12.2 Å². The van der Waals surface area contributed by atoms with Crippen LogP contribution in [0, 0.1) is 28.6 Å². The zero-order chi connectivity index (χ0) is 16.6. The number of ketones is 2. The summed E-state index contributed by atoms with van der Waals surface area (Å²) in [5.41, 5.74) is 0.540. The standard InChI is InChI=1S/C19H26O4/c1-18-5-3-11(20)7-10(18)8-13(21)16-12(18)4-6-19(2)15(23)9-14(22)17(16)19/h7,12-14,16-17,21-22H,3-6,8-9H2,1-2H3/t12-,13+,14-,16-,17-,18-,19+/m0/s1. The molecule has 0 bridgehead atoms. The second kappa shape index (κ2) is 4.76. The summed E-state index contributed by atoms with van der Waals surface area (Å²) >= 11 is 0. The smallest absolute Gasteiger partial charge is 0.155 e. The van der Waals surface area contributed by atoms with E-state index in [1.54, 1.807) is 6.08 Å². The Balaban J connectivity index is 1.78. The maximum atomic E-state index is 12.4. The van der Waals surface area contributed by atoms with Gasteiger partial charge in [0.25, 0.3) is 0 Å². The molecule has 3 saturated carbocycles. The molecule has 4 aliphatic carbocycles. The topological polar surface area (TPSA) is 74.6 Å². The van der Waals surface area contributed by atoms with Crippen LogP contribution < -0.4 is 0 Å². The van der Waals surface area contributed by atoms with Gasteiger partial charge in [-0.05, 0) is 49.0 Å². The van der Waals surface area contributed by atoms with E-state index < -0.39 is 17.6 Å². The summed E-state index contributed by atoms with van der Waals surface area (Å²) in [7, 11) is 0. The highest BCUT2D eigenvalue weighted by atomic mass is 16.3. The fourth-order valence-corrected chi connectivity index (χ4v) is 6.35. The zero-order valence-corrected chi connectivity index (χ0v) is 13.9. The largest absolute Gasteiger partial charge is 0.392 e. The zero-order valence-electron chi connectivity index (χ0n) is 13.9. The Morgan fingerprint density at radius 3 is 2.52 bits per heavy atom. The third-order valence-corrected chi connectivity index (χ3v) is 7.69. The Bertz CT molecular complexity index is 608. The Morgan fingerprint density at radius 2 is 1.78 bits per heavy atom. The van der Waals surface area contributed by atoms with Crippen molar-refractivity contribution in [2.75, 3.05) is 0 Å². The molecule has 4 aliphatic rings. The second-order valence-corrected chi connectivity index (χ2v) is 8.69. The number of fused-ring (bicyclic) bond motifs is 5. The van der Waals surface area contributed by atoms with E-state index in [0.717, 1.165) is 24.8 Å². The summed E-state index contributed by atoms with van der Waals surface area (Å²) in [5, 5.41) is 21.4. The summed E-state index contributed by atoms with van der Waals surface area (Å²) in [5.74, 6) is 0.403. The Hall–Kier alpha value is -1.00. The van der Waals surface area contributed by atoms with E-state index in [1.165, 1.54) is 0 Å². The molecular weight excluding hydrogens is 292 g/mol. The van der Waals surface area contributed by atoms with E-state index in [0.29, 0.717) is 12.8 Å². The lowest BCUT2D eigenvalue weighted by molar-refractivity contribution is -0.144. The number of Topliss-reactive ketones (excluding diaryl/α,β-unsaturated/α-hetero) is 1. The fourth-order valence-electron chi connectivity index (χ4n) is 6.35. The van der Waals surface area contributed by atoms with Gasteiger partial charge in [-0.3, -0.25) is 9.59 Å². The third-order valence-electron chi connectivity index (χ3n) is 7.69. The van der Waals surface area contributed by atoms with Gasteiger partial charge in [-0.2, -0.15) is 0 Å². The molecule has 4 nitrogen and oxygen atoms in total. The summed E-state index contributed by atoms with van der Waals surface area (Å²) < 4.78 is 0. The van der Waals surface area contributed by atoms with Crippen molar-refractivity contribution in [3.05, 3.63) is 11.6 Å². The number of aliphatic hydroxyl groups excluding tert-OH is 2. The highest BCUT2D eigenvalue weighted by Gasteiger charge is 2.63. The van der Waals surface area contributed by atoms with Gasteiger partial charge in [0.15, 0.2) is 5.78 Å². The molecule has 0 spiro atoms. The van der Waals surface area contributed by atoms with Crippen molar-refractivity contribution in [2.24, 2.45) is 28.6 Å². The molecule has 0 saturated heterocycles. The van der Waals surface area contributed by atoms with Gasteiger partial charge < -0.3 is 10.2 Å². The fraction of sp³-hybridized carbons (Fsp3) is 0.789. The summed E-state index contributed by atoms with van der Waals surface area (Å²) in [6.45, 7) is 4.21. The average molecular weight is 318 g/mol. The quantitative estimate of drug-likeness (QED) is 0.717. The van der Waals surface area contributed by atoms with E-state index >= 15 is 0 Å². The van der Waals surface area contributed by atoms with Crippen LogP contribution in [0.5, 0.6) is 0 Å². The van der Waals surface area contributed by atoms with Gasteiger partial charge >= 0.3 is 0 Å². The Labute approximate surface area is 137 Å². The van der Waals surface area contributed by atoms with Crippen molar-refractivity contribution in [3.8, 4) is 0 Å². The van der Waals surface area contributed by atoms with Crippen LogP contribution >= 0.6 is 0 Å². The molecule has 0 aromatic carbocycles. The van der Waals surface area contributed by atoms with E-state index in [2.05, 4.69) is 6.92 Å². The second-order valence-electron chi connectivity index (χ2n) is 8.69. The van der Waals surface area contributed by atoms with Gasteiger partial charge in [-0.15, -0.1) is 0 Å². The number of carbonyl (C=O) groups is 2. The molecule has 0 radical (unpaired) electrons. The lowest BCUT2D eigenvalue weighted by Crippen LogP contribution is -2.57. The van der Waals surface area contributed by atoms with E-state index in [-0.39, 0.29) is 41.2 Å². The van der Waals surface area contributed by atoms with E-state index in [4.69, 9.17) is 0 Å². The minimum Gasteiger partial charge on any atom is -0.392 e. The van der Waals surface area contributed by atoms with E-state index in [9.17, 15) is 19.8 Å². The monoisotopic (exact) mass is 318 g/mol. The normalized spacial score (nSPS) is 52.5. The van der Waals surface area contributed by atoms with E-state index in [1.807, 2.05) is 6.92 Å². The van der Waals surface area contributed by atoms with Crippen LogP contribution in [0.15, 0.2) is 11.6 Å². The van der Waals surface area contributed by atoms with Crippen LogP contribution in [0.1, 0.15) is 52.4 Å². The molecule has 0 aromatic rings. The van der Waals surface area contributed by atoms with Crippen LogP contribution in [-0.4, -0.2) is 34.0 Å². The van der Waals surface area contributed by atoms with Gasteiger partial charge in [0.1, 0.15) is 5.78 Å². The first-order valence-corrected chi connectivity index (χ1v) is 8.91. The maximum Gasteiger partial charge on any atom is 0.155 e. The van der Waals surface area contributed by atoms with Crippen molar-refractivity contribution in [3.63, 3.8) is 0 Å². The van der Waals surface area contributed by atoms with Crippen molar-refractivity contribution in [2.45, 2.75) is 64.6 Å². The van der Waals surface area contributed by atoms with Crippen molar-refractivity contribution < 1.29 is 19.8 Å². The molecule has 23 heavy (non-hydrogen) atoms. The molecule has 0 aliphatic heterocycles. The van der Waals surface area contributed by atoms with Gasteiger partial charge in [0.2, 0.25) is 0 Å². The molecule has 3 fully saturated rings. The third kappa shape index (κ3) is 1.91. The summed E-state index contributed by atoms with van der Waals surface area (Å²) in [6.07, 6.45) is 4.40. The Morgan fingerprint density at radius 1 is 1.04 bits per heavy atom. The predicted octanol–water partition coefficient (Wildman–Crippen LogP) is 2.03. The van der Waals surface area contributed by atoms with Crippen molar-refractivity contribution >= 4 is 11.6 Å². The first kappa shape index (κ1) is 15.5. The minimum atomic E-state index is -0.630. The molecule has 0 amide bonds. The van der Waals surface area contributed by atoms with Gasteiger partial charge in [0, 0.05) is 24.2 Å². The van der Waals surface area contributed by atoms with Crippen LogP contribution in [0.3, 0.4) is 0 Å². The Kier molecular flexibility index (Phi) is 3.21. The van der Waals surface area contributed by atoms with Gasteiger partial charge in [-0.1, -0.05) is 19.4 Å². The van der Waals surface area contributed by atoms with Crippen molar-refractivity contribution in [1.82, 2.24) is 0 Å². The lowest BCUT2D eigenvalue weighted by Gasteiger charge is -2.58. The van der Waals surface area contributed by atoms with Gasteiger partial charge in [-0.25, -0.2) is 0 Å². The number of hydrogen-bond donors (Lipinski definition) is 2. The SMILES string of the molecule is C[C@]12CCC(=O)C=C1C[C@@H](O)[C@H]1[C@@H]3[C@@H](O)CC(=O)[C@@]3(C)CC[C@@H]12. The molecule has 7 atom stereocenters. The molecule has 2 N–H and O–H groups in total. The predicted molar refractivity (Wildman–Crippen MR) is 84.5 cm³/mol. The molecule has 0 aromatic heterocycles. The summed E-state index contributed by atoms with van der Waals surface area (Å²) in [4.78, 5) is 24.2. The average Bonchev–Trinajstić information content (AvgIpc) is 2.71. The number of aliphatic hydroxyl groups is 2. The molecule has 0 unspecified atom stereocenters. The van der Waals surface area contributed by atoms with Crippen LogP contribution in [0.2, 0.25) is 0 Å². The first-order valence-electron chi connectivity index (χ1n) is 8.91. The maximum absolute atomic E-state index is 12.4. The molecular formula is C19H26O4. The van der Waals surface area contributed by atoms with Crippen LogP contribution in [-0.2, 0) is 9.59 Å².